The van der Waals surface area contributed by atoms with E-state index in [0.717, 1.165) is 35.1 Å². The smallest absolute Gasteiger partial charge is 0.170 e. The number of hydrogen-bond acceptors (Lipinski definition) is 3. The molecule has 33 heavy (non-hydrogen) atoms. The lowest BCUT2D eigenvalue weighted by Gasteiger charge is -2.51. The Hall–Kier alpha value is -1.95. The van der Waals surface area contributed by atoms with Crippen molar-refractivity contribution >= 4 is 23.0 Å². The van der Waals surface area contributed by atoms with Crippen molar-refractivity contribution in [1.82, 2.24) is 15.1 Å². The van der Waals surface area contributed by atoms with Crippen LogP contribution in [-0.4, -0.2) is 60.2 Å². The van der Waals surface area contributed by atoms with Crippen molar-refractivity contribution in [2.24, 2.45) is 17.8 Å². The normalized spacial score (nSPS) is 27.9. The second kappa shape index (κ2) is 11.0. The van der Waals surface area contributed by atoms with Crippen LogP contribution in [0.3, 0.4) is 0 Å². The van der Waals surface area contributed by atoms with Crippen molar-refractivity contribution in [3.8, 4) is 0 Å². The summed E-state index contributed by atoms with van der Waals surface area (Å²) in [6, 6.07) is 21.8. The molecular formula is C28H38N4S. The van der Waals surface area contributed by atoms with Gasteiger partial charge >= 0.3 is 0 Å². The second-order valence-electron chi connectivity index (χ2n) is 10.3. The van der Waals surface area contributed by atoms with E-state index in [1.54, 1.807) is 0 Å². The Balaban J connectivity index is 1.04. The van der Waals surface area contributed by atoms with Gasteiger partial charge in [-0.2, -0.15) is 0 Å². The lowest BCUT2D eigenvalue weighted by atomic mass is 9.75. The Morgan fingerprint density at radius 2 is 1.64 bits per heavy atom. The Labute approximate surface area is 204 Å². The number of nitrogens with one attached hydrogen (secondary N) is 2. The molecule has 0 aliphatic carbocycles. The summed E-state index contributed by atoms with van der Waals surface area (Å²) >= 11 is 5.53. The standard InChI is InChI=1S/C28H38N4S/c33-28(30-26-9-5-2-6-10-26)29-19-27-18-24-13-16-32(27)21-25(24)20-31-14-11-23(12-15-31)17-22-7-3-1-4-8-22/h1-10,23-25,27H,11-21H2,(H2,29,30,33). The van der Waals surface area contributed by atoms with E-state index in [4.69, 9.17) is 12.2 Å². The zero-order chi connectivity index (χ0) is 22.5. The van der Waals surface area contributed by atoms with Crippen LogP contribution in [0.5, 0.6) is 0 Å². The molecule has 0 saturated carbocycles. The van der Waals surface area contributed by atoms with Gasteiger partial charge in [0.15, 0.2) is 5.11 Å². The molecule has 4 saturated heterocycles. The van der Waals surface area contributed by atoms with Gasteiger partial charge in [0.05, 0.1) is 0 Å². The molecule has 4 aliphatic rings. The van der Waals surface area contributed by atoms with Crippen molar-refractivity contribution in [3.63, 3.8) is 0 Å². The molecule has 4 unspecified atom stereocenters. The quantitative estimate of drug-likeness (QED) is 0.586. The van der Waals surface area contributed by atoms with Gasteiger partial charge < -0.3 is 15.5 Å². The maximum absolute atomic E-state index is 5.53. The SMILES string of the molecule is S=C(NCC1CC2CCN1CC2CN1CCC(Cc2ccccc2)CC1)Nc1ccccc1. The number of para-hydroxylation sites is 1. The van der Waals surface area contributed by atoms with E-state index >= 15 is 0 Å². The van der Waals surface area contributed by atoms with E-state index in [1.807, 2.05) is 18.2 Å². The van der Waals surface area contributed by atoms with E-state index in [1.165, 1.54) is 70.4 Å². The fourth-order valence-corrected chi connectivity index (χ4v) is 6.43. The number of hydrogen-bond donors (Lipinski definition) is 2. The highest BCUT2D eigenvalue weighted by atomic mass is 32.1. The van der Waals surface area contributed by atoms with Crippen molar-refractivity contribution in [2.75, 3.05) is 44.6 Å². The number of likely N-dealkylation sites (tertiary alicyclic amines) is 1. The summed E-state index contributed by atoms with van der Waals surface area (Å²) in [4.78, 5) is 5.49. The van der Waals surface area contributed by atoms with E-state index in [-0.39, 0.29) is 0 Å². The first-order valence-corrected chi connectivity index (χ1v) is 13.2. The number of piperidine rings is 4. The summed E-state index contributed by atoms with van der Waals surface area (Å²) < 4.78 is 0. The second-order valence-corrected chi connectivity index (χ2v) is 10.7. The minimum absolute atomic E-state index is 0.618. The maximum Gasteiger partial charge on any atom is 0.170 e. The van der Waals surface area contributed by atoms with Gasteiger partial charge in [-0.15, -0.1) is 0 Å². The third kappa shape index (κ3) is 6.14. The van der Waals surface area contributed by atoms with Gasteiger partial charge in [-0.3, -0.25) is 4.90 Å². The molecule has 0 radical (unpaired) electrons. The third-order valence-corrected chi connectivity index (χ3v) is 8.36. The van der Waals surface area contributed by atoms with Crippen LogP contribution < -0.4 is 10.6 Å². The van der Waals surface area contributed by atoms with Crippen molar-refractivity contribution < 1.29 is 0 Å². The topological polar surface area (TPSA) is 30.5 Å². The zero-order valence-electron chi connectivity index (χ0n) is 19.7. The molecule has 5 heteroatoms. The molecule has 4 atom stereocenters. The van der Waals surface area contributed by atoms with Crippen LogP contribution in [-0.2, 0) is 6.42 Å². The van der Waals surface area contributed by atoms with Gasteiger partial charge in [-0.1, -0.05) is 48.5 Å². The van der Waals surface area contributed by atoms with Crippen LogP contribution in [0.25, 0.3) is 0 Å². The molecule has 4 fully saturated rings. The van der Waals surface area contributed by atoms with Crippen molar-refractivity contribution in [1.29, 1.82) is 0 Å². The summed E-state index contributed by atoms with van der Waals surface area (Å²) in [5, 5.41) is 7.51. The monoisotopic (exact) mass is 462 g/mol. The number of rotatable bonds is 7. The number of thiocarbonyl (C=S) groups is 1. The molecule has 4 aliphatic heterocycles. The number of nitrogens with zero attached hydrogens (tertiary/aromatic N) is 2. The molecule has 176 valence electrons. The molecule has 2 bridgehead atoms. The predicted molar refractivity (Wildman–Crippen MR) is 142 cm³/mol. The molecule has 2 aromatic rings. The minimum atomic E-state index is 0.618. The summed E-state index contributed by atoms with van der Waals surface area (Å²) in [7, 11) is 0. The van der Waals surface area contributed by atoms with E-state index < -0.39 is 0 Å². The van der Waals surface area contributed by atoms with E-state index in [0.29, 0.717) is 6.04 Å². The summed E-state index contributed by atoms with van der Waals surface area (Å²) in [6.45, 7) is 7.34. The van der Waals surface area contributed by atoms with Crippen LogP contribution >= 0.6 is 12.2 Å². The van der Waals surface area contributed by atoms with Gasteiger partial charge in [-0.05, 0) is 99.4 Å². The Kier molecular flexibility index (Phi) is 7.60. The number of anilines is 1. The Morgan fingerprint density at radius 1 is 0.909 bits per heavy atom. The van der Waals surface area contributed by atoms with E-state index in [2.05, 4.69) is 62.9 Å². The van der Waals surface area contributed by atoms with Crippen molar-refractivity contribution in [2.45, 2.75) is 38.1 Å². The van der Waals surface area contributed by atoms with Crippen LogP contribution in [0.1, 0.15) is 31.2 Å². The number of benzene rings is 2. The molecular weight excluding hydrogens is 424 g/mol. The zero-order valence-corrected chi connectivity index (χ0v) is 20.5. The Morgan fingerprint density at radius 3 is 2.33 bits per heavy atom. The predicted octanol–water partition coefficient (Wildman–Crippen LogP) is 4.64. The molecule has 0 amide bonds. The van der Waals surface area contributed by atoms with Gasteiger partial charge in [0, 0.05) is 31.4 Å². The van der Waals surface area contributed by atoms with E-state index in [9.17, 15) is 0 Å². The summed E-state index contributed by atoms with van der Waals surface area (Å²) in [5.74, 6) is 2.58. The van der Waals surface area contributed by atoms with Crippen LogP contribution in [0, 0.1) is 17.8 Å². The Bertz CT molecular complexity index is 881. The highest BCUT2D eigenvalue weighted by molar-refractivity contribution is 7.80. The first kappa shape index (κ1) is 22.8. The van der Waals surface area contributed by atoms with Crippen molar-refractivity contribution in [3.05, 3.63) is 66.2 Å². The molecule has 0 spiro atoms. The van der Waals surface area contributed by atoms with Gasteiger partial charge in [-0.25, -0.2) is 0 Å². The third-order valence-electron chi connectivity index (χ3n) is 8.11. The minimum Gasteiger partial charge on any atom is -0.361 e. The van der Waals surface area contributed by atoms with Gasteiger partial charge in [0.25, 0.3) is 0 Å². The first-order valence-electron chi connectivity index (χ1n) is 12.8. The highest BCUT2D eigenvalue weighted by Crippen LogP contribution is 2.37. The molecule has 6 rings (SSSR count). The lowest BCUT2D eigenvalue weighted by Crippen LogP contribution is -2.58. The fourth-order valence-electron chi connectivity index (χ4n) is 6.23. The summed E-state index contributed by atoms with van der Waals surface area (Å²) in [6.07, 6.45) is 6.65. The highest BCUT2D eigenvalue weighted by Gasteiger charge is 2.40. The summed E-state index contributed by atoms with van der Waals surface area (Å²) in [5.41, 5.74) is 2.56. The van der Waals surface area contributed by atoms with Crippen LogP contribution in [0.4, 0.5) is 5.69 Å². The fraction of sp³-hybridized carbons (Fsp3) is 0.536. The average molecular weight is 463 g/mol. The molecule has 4 heterocycles. The molecule has 2 N–H and O–H groups in total. The first-order chi connectivity index (χ1) is 16.2. The van der Waals surface area contributed by atoms with Gasteiger partial charge in [0.1, 0.15) is 0 Å². The number of fused-ring (bicyclic) bond motifs is 3. The maximum atomic E-state index is 5.53. The van der Waals surface area contributed by atoms with Crippen LogP contribution in [0.2, 0.25) is 0 Å². The lowest BCUT2D eigenvalue weighted by molar-refractivity contribution is -0.0141. The van der Waals surface area contributed by atoms with Crippen LogP contribution in [0.15, 0.2) is 60.7 Å². The molecule has 4 nitrogen and oxygen atoms in total. The average Bonchev–Trinajstić information content (AvgIpc) is 2.86. The molecule has 2 aromatic carbocycles. The molecule has 0 aromatic heterocycles. The van der Waals surface area contributed by atoms with Gasteiger partial charge in [0.2, 0.25) is 0 Å². The largest absolute Gasteiger partial charge is 0.361 e.